The highest BCUT2D eigenvalue weighted by Crippen LogP contribution is 2.50. The van der Waals surface area contributed by atoms with Crippen LogP contribution >= 0.6 is 34.5 Å². The molecule has 0 bridgehead atoms. The summed E-state index contributed by atoms with van der Waals surface area (Å²) in [6.45, 7) is 6.99. The molecule has 0 saturated carbocycles. The zero-order chi connectivity index (χ0) is 25.0. The summed E-state index contributed by atoms with van der Waals surface area (Å²) < 4.78 is 56.5. The molecule has 1 aromatic carbocycles. The number of rotatable bonds is 4. The molecule has 0 aliphatic carbocycles. The van der Waals surface area contributed by atoms with Gasteiger partial charge in [-0.3, -0.25) is 4.79 Å². The number of amides is 1. The molecule has 184 valence electrons. The number of amidine groups is 1. The third-order valence-electron chi connectivity index (χ3n) is 5.90. The molecule has 4 rings (SSSR count). The standard InChI is InChI=1S/C22H21Cl2F4N3O2S/c1-10(2)7-29-20(32)19-11(3)13-8-31(9-16(13)34-19)17-6-21(33-30-17,22(26,27)28)12-4-14(23)18(25)15(24)5-12/h4-5,10H,6-9H2,1-3H3,(H,29,32). The summed E-state index contributed by atoms with van der Waals surface area (Å²) >= 11 is 12.8. The average molecular weight is 538 g/mol. The van der Waals surface area contributed by atoms with E-state index in [1.54, 1.807) is 4.90 Å². The Hall–Kier alpha value is -2.04. The Kier molecular flexibility index (Phi) is 6.54. The van der Waals surface area contributed by atoms with Gasteiger partial charge in [-0.2, -0.15) is 13.2 Å². The smallest absolute Gasteiger partial charge is 0.372 e. The third kappa shape index (κ3) is 4.24. The lowest BCUT2D eigenvalue weighted by Crippen LogP contribution is -2.44. The van der Waals surface area contributed by atoms with Crippen molar-refractivity contribution in [1.29, 1.82) is 0 Å². The van der Waals surface area contributed by atoms with Crippen LogP contribution in [0.5, 0.6) is 0 Å². The molecule has 12 heteroatoms. The number of fused-ring (bicyclic) bond motifs is 1. The minimum Gasteiger partial charge on any atom is -0.372 e. The van der Waals surface area contributed by atoms with E-state index in [4.69, 9.17) is 28.0 Å². The van der Waals surface area contributed by atoms with E-state index < -0.39 is 39.6 Å². The maximum absolute atomic E-state index is 14.2. The van der Waals surface area contributed by atoms with E-state index in [1.165, 1.54) is 11.3 Å². The van der Waals surface area contributed by atoms with Gasteiger partial charge in [0.15, 0.2) is 5.82 Å². The molecule has 0 radical (unpaired) electrons. The average Bonchev–Trinajstić information content (AvgIpc) is 3.44. The lowest BCUT2D eigenvalue weighted by Gasteiger charge is -2.30. The van der Waals surface area contributed by atoms with Gasteiger partial charge < -0.3 is 15.1 Å². The lowest BCUT2D eigenvalue weighted by molar-refractivity contribution is -0.275. The van der Waals surface area contributed by atoms with Crippen molar-refractivity contribution in [3.63, 3.8) is 0 Å². The molecule has 1 unspecified atom stereocenters. The van der Waals surface area contributed by atoms with Gasteiger partial charge in [0, 0.05) is 23.5 Å². The van der Waals surface area contributed by atoms with E-state index in [9.17, 15) is 22.4 Å². The fourth-order valence-corrected chi connectivity index (χ4v) is 5.72. The van der Waals surface area contributed by atoms with E-state index >= 15 is 0 Å². The predicted octanol–water partition coefficient (Wildman–Crippen LogP) is 6.40. The fraction of sp³-hybridized carbons (Fsp3) is 0.455. The molecule has 0 spiro atoms. The van der Waals surface area contributed by atoms with E-state index in [0.29, 0.717) is 30.4 Å². The molecular formula is C22H21Cl2F4N3O2S. The SMILES string of the molecule is Cc1c(C(=O)NCC(C)C)sc2c1CN(C1=NOC(c3cc(Cl)c(F)c(Cl)c3)(C(F)(F)F)C1)C2. The quantitative estimate of drug-likeness (QED) is 0.363. The molecule has 3 heterocycles. The van der Waals surface area contributed by atoms with Crippen LogP contribution in [0, 0.1) is 18.7 Å². The van der Waals surface area contributed by atoms with Crippen LogP contribution < -0.4 is 5.32 Å². The molecule has 1 amide bonds. The number of hydrogen-bond donors (Lipinski definition) is 1. The van der Waals surface area contributed by atoms with Gasteiger partial charge in [0.05, 0.1) is 27.9 Å². The molecular weight excluding hydrogens is 517 g/mol. The van der Waals surface area contributed by atoms with Gasteiger partial charge in [-0.1, -0.05) is 42.2 Å². The van der Waals surface area contributed by atoms with Crippen molar-refractivity contribution in [1.82, 2.24) is 10.2 Å². The van der Waals surface area contributed by atoms with Gasteiger partial charge in [-0.05, 0) is 36.1 Å². The van der Waals surface area contributed by atoms with Crippen LogP contribution in [0.3, 0.4) is 0 Å². The van der Waals surface area contributed by atoms with Crippen molar-refractivity contribution < 1.29 is 27.2 Å². The second kappa shape index (κ2) is 8.87. The zero-order valence-corrected chi connectivity index (χ0v) is 20.8. The number of nitrogens with one attached hydrogen (secondary N) is 1. The number of hydrogen-bond acceptors (Lipinski definition) is 5. The summed E-state index contributed by atoms with van der Waals surface area (Å²) in [5, 5.41) is 5.58. The maximum Gasteiger partial charge on any atom is 0.435 e. The number of thiophene rings is 1. The van der Waals surface area contributed by atoms with Gasteiger partial charge in [0.25, 0.3) is 11.5 Å². The number of benzene rings is 1. The van der Waals surface area contributed by atoms with Crippen LogP contribution in [0.2, 0.25) is 10.0 Å². The largest absolute Gasteiger partial charge is 0.435 e. The van der Waals surface area contributed by atoms with Crippen LogP contribution in [-0.2, 0) is 23.5 Å². The summed E-state index contributed by atoms with van der Waals surface area (Å²) in [4.78, 5) is 20.7. The number of alkyl halides is 3. The molecule has 0 saturated heterocycles. The Morgan fingerprint density at radius 2 is 1.94 bits per heavy atom. The lowest BCUT2D eigenvalue weighted by atomic mass is 9.89. The molecule has 1 N–H and O–H groups in total. The zero-order valence-electron chi connectivity index (χ0n) is 18.4. The second-order valence-corrected chi connectivity index (χ2v) is 10.7. The third-order valence-corrected chi connectivity index (χ3v) is 7.77. The molecule has 2 aliphatic rings. The van der Waals surface area contributed by atoms with Crippen molar-refractivity contribution in [2.75, 3.05) is 6.54 Å². The van der Waals surface area contributed by atoms with E-state index in [0.717, 1.165) is 28.1 Å². The van der Waals surface area contributed by atoms with Gasteiger partial charge in [-0.15, -0.1) is 11.3 Å². The summed E-state index contributed by atoms with van der Waals surface area (Å²) in [6.07, 6.45) is -5.49. The Morgan fingerprint density at radius 1 is 1.29 bits per heavy atom. The van der Waals surface area contributed by atoms with E-state index in [1.807, 2.05) is 20.8 Å². The predicted molar refractivity (Wildman–Crippen MR) is 123 cm³/mol. The topological polar surface area (TPSA) is 53.9 Å². The van der Waals surface area contributed by atoms with E-state index in [-0.39, 0.29) is 11.7 Å². The number of nitrogens with zero attached hydrogens (tertiary/aromatic N) is 2. The highest BCUT2D eigenvalue weighted by atomic mass is 35.5. The van der Waals surface area contributed by atoms with E-state index in [2.05, 4.69) is 10.5 Å². The normalized spacial score (nSPS) is 19.9. The van der Waals surface area contributed by atoms with Crippen LogP contribution in [0.15, 0.2) is 17.3 Å². The Morgan fingerprint density at radius 3 is 2.50 bits per heavy atom. The van der Waals surface area contributed by atoms with Crippen molar-refractivity contribution in [3.8, 4) is 0 Å². The minimum atomic E-state index is -4.87. The molecule has 5 nitrogen and oxygen atoms in total. The van der Waals surface area contributed by atoms with Crippen molar-refractivity contribution in [2.24, 2.45) is 11.1 Å². The van der Waals surface area contributed by atoms with Crippen molar-refractivity contribution in [3.05, 3.63) is 54.4 Å². The Labute approximate surface area is 207 Å². The number of oxime groups is 1. The first-order valence-electron chi connectivity index (χ1n) is 10.4. The molecule has 1 aromatic heterocycles. The molecule has 2 aliphatic heterocycles. The van der Waals surface area contributed by atoms with Gasteiger partial charge in [-0.25, -0.2) is 4.39 Å². The van der Waals surface area contributed by atoms with Crippen molar-refractivity contribution >= 4 is 46.3 Å². The molecule has 2 aromatic rings. The molecule has 34 heavy (non-hydrogen) atoms. The first kappa shape index (κ1) is 25.1. The molecule has 0 fully saturated rings. The Balaban J connectivity index is 1.55. The monoisotopic (exact) mass is 537 g/mol. The summed E-state index contributed by atoms with van der Waals surface area (Å²) in [7, 11) is 0. The van der Waals surface area contributed by atoms with Crippen molar-refractivity contribution in [2.45, 2.75) is 52.1 Å². The number of carbonyl (C=O) groups is 1. The highest BCUT2D eigenvalue weighted by molar-refractivity contribution is 7.14. The summed E-state index contributed by atoms with van der Waals surface area (Å²) in [5.74, 6) is -0.745. The van der Waals surface area contributed by atoms with Crippen LogP contribution in [0.1, 0.15) is 51.5 Å². The van der Waals surface area contributed by atoms with Gasteiger partial charge in [0.2, 0.25) is 0 Å². The van der Waals surface area contributed by atoms with Gasteiger partial charge in [0.1, 0.15) is 5.84 Å². The van der Waals surface area contributed by atoms with Gasteiger partial charge >= 0.3 is 6.18 Å². The molecule has 1 atom stereocenters. The van der Waals surface area contributed by atoms with Crippen LogP contribution in [-0.4, -0.2) is 29.4 Å². The summed E-state index contributed by atoms with van der Waals surface area (Å²) in [6, 6.07) is 1.73. The Bertz CT molecular complexity index is 1160. The van der Waals surface area contributed by atoms with Crippen LogP contribution in [0.4, 0.5) is 17.6 Å². The first-order valence-corrected chi connectivity index (χ1v) is 12.0. The number of halogens is 6. The fourth-order valence-electron chi connectivity index (χ4n) is 3.98. The van der Waals surface area contributed by atoms with Crippen LogP contribution in [0.25, 0.3) is 0 Å². The first-order chi connectivity index (χ1) is 15.8. The second-order valence-electron chi connectivity index (χ2n) is 8.77. The summed E-state index contributed by atoms with van der Waals surface area (Å²) in [5.41, 5.74) is -1.55. The minimum absolute atomic E-state index is 0.0995. The highest BCUT2D eigenvalue weighted by Gasteiger charge is 2.63. The number of carbonyl (C=O) groups excluding carboxylic acids is 1. The maximum atomic E-state index is 14.2.